The number of hydrogen-bond acceptors (Lipinski definition) is 6. The topological polar surface area (TPSA) is 78.3 Å². The Kier molecular flexibility index (Phi) is 7.12. The number of methoxy groups -OCH3 is 2. The van der Waals surface area contributed by atoms with Crippen LogP contribution >= 0.6 is 11.8 Å². The second kappa shape index (κ2) is 10.4. The molecule has 0 fully saturated rings. The van der Waals surface area contributed by atoms with Gasteiger partial charge in [0.25, 0.3) is 0 Å². The highest BCUT2D eigenvalue weighted by molar-refractivity contribution is 7.99. The van der Waals surface area contributed by atoms with Crippen molar-refractivity contribution in [3.63, 3.8) is 0 Å². The number of nitrogens with one attached hydrogen (secondary N) is 1. The lowest BCUT2D eigenvalue weighted by Gasteiger charge is -2.12. The van der Waals surface area contributed by atoms with Crippen LogP contribution in [0.1, 0.15) is 5.56 Å². The third kappa shape index (κ3) is 5.20. The summed E-state index contributed by atoms with van der Waals surface area (Å²) in [4.78, 5) is 12.5. The SMILES string of the molecule is COc1ccc(-n2c(SCC(=O)Nc3ccc(C)c(F)c3)nnc2-c2cccc(OC)c2)cc1. The van der Waals surface area contributed by atoms with Gasteiger partial charge in [-0.15, -0.1) is 10.2 Å². The first-order valence-corrected chi connectivity index (χ1v) is 11.4. The Balaban J connectivity index is 1.61. The Morgan fingerprint density at radius 3 is 2.47 bits per heavy atom. The molecule has 0 unspecified atom stereocenters. The molecule has 0 atom stereocenters. The van der Waals surface area contributed by atoms with Crippen molar-refractivity contribution in [3.05, 3.63) is 78.1 Å². The second-order valence-corrected chi connectivity index (χ2v) is 8.31. The van der Waals surface area contributed by atoms with E-state index in [2.05, 4.69) is 15.5 Å². The first-order chi connectivity index (χ1) is 16.5. The summed E-state index contributed by atoms with van der Waals surface area (Å²) in [6.45, 7) is 1.67. The molecule has 4 aromatic rings. The van der Waals surface area contributed by atoms with E-state index in [0.29, 0.717) is 28.0 Å². The van der Waals surface area contributed by atoms with E-state index >= 15 is 0 Å². The fraction of sp³-hybridized carbons (Fsp3) is 0.160. The minimum absolute atomic E-state index is 0.0713. The van der Waals surface area contributed by atoms with E-state index in [1.807, 2.05) is 53.1 Å². The van der Waals surface area contributed by atoms with Gasteiger partial charge in [0, 0.05) is 16.9 Å². The lowest BCUT2D eigenvalue weighted by atomic mass is 10.2. The molecule has 1 N–H and O–H groups in total. The highest BCUT2D eigenvalue weighted by Gasteiger charge is 2.18. The van der Waals surface area contributed by atoms with E-state index in [0.717, 1.165) is 17.0 Å². The Labute approximate surface area is 200 Å². The van der Waals surface area contributed by atoms with Gasteiger partial charge in [-0.05, 0) is 61.0 Å². The molecule has 1 aromatic heterocycles. The van der Waals surface area contributed by atoms with Gasteiger partial charge in [-0.3, -0.25) is 9.36 Å². The Morgan fingerprint density at radius 1 is 1.00 bits per heavy atom. The molecule has 0 bridgehead atoms. The number of hydrogen-bond donors (Lipinski definition) is 1. The highest BCUT2D eigenvalue weighted by atomic mass is 32.2. The number of thioether (sulfide) groups is 1. The number of anilines is 1. The Morgan fingerprint density at radius 2 is 1.76 bits per heavy atom. The van der Waals surface area contributed by atoms with Crippen molar-refractivity contribution in [2.45, 2.75) is 12.1 Å². The zero-order valence-electron chi connectivity index (χ0n) is 18.9. The number of aromatic nitrogens is 3. The van der Waals surface area contributed by atoms with Gasteiger partial charge >= 0.3 is 0 Å². The van der Waals surface area contributed by atoms with E-state index in [-0.39, 0.29) is 17.5 Å². The van der Waals surface area contributed by atoms with E-state index < -0.39 is 0 Å². The molecule has 0 saturated heterocycles. The van der Waals surface area contributed by atoms with Crippen molar-refractivity contribution < 1.29 is 18.7 Å². The van der Waals surface area contributed by atoms with Crippen LogP contribution in [0.2, 0.25) is 0 Å². The molecular formula is C25H23FN4O3S. The molecule has 0 spiro atoms. The molecule has 9 heteroatoms. The van der Waals surface area contributed by atoms with Gasteiger partial charge in [-0.25, -0.2) is 4.39 Å². The maximum Gasteiger partial charge on any atom is 0.234 e. The number of carbonyl (C=O) groups excluding carboxylic acids is 1. The van der Waals surface area contributed by atoms with Gasteiger partial charge in [-0.1, -0.05) is 30.0 Å². The van der Waals surface area contributed by atoms with Crippen LogP contribution in [0.5, 0.6) is 11.5 Å². The minimum Gasteiger partial charge on any atom is -0.497 e. The lowest BCUT2D eigenvalue weighted by Crippen LogP contribution is -2.14. The number of amides is 1. The second-order valence-electron chi connectivity index (χ2n) is 7.37. The monoisotopic (exact) mass is 478 g/mol. The van der Waals surface area contributed by atoms with Crippen LogP contribution < -0.4 is 14.8 Å². The summed E-state index contributed by atoms with van der Waals surface area (Å²) in [5.41, 5.74) is 2.55. The van der Waals surface area contributed by atoms with E-state index in [9.17, 15) is 9.18 Å². The van der Waals surface area contributed by atoms with Crippen molar-refractivity contribution in [1.82, 2.24) is 14.8 Å². The standard InChI is InChI=1S/C25H23FN4O3S/c1-16-7-8-18(14-22(16)26)27-23(31)15-34-25-29-28-24(17-5-4-6-21(13-17)33-3)30(25)19-9-11-20(32-2)12-10-19/h4-14H,15H2,1-3H3,(H,27,31). The van der Waals surface area contributed by atoms with Crippen LogP contribution in [0.15, 0.2) is 71.9 Å². The summed E-state index contributed by atoms with van der Waals surface area (Å²) in [5.74, 6) is 1.45. The number of nitrogens with zero attached hydrogens (tertiary/aromatic N) is 3. The first-order valence-electron chi connectivity index (χ1n) is 10.4. The predicted molar refractivity (Wildman–Crippen MR) is 130 cm³/mol. The zero-order valence-corrected chi connectivity index (χ0v) is 19.7. The normalized spacial score (nSPS) is 10.7. The van der Waals surface area contributed by atoms with Crippen molar-refractivity contribution >= 4 is 23.4 Å². The first kappa shape index (κ1) is 23.3. The number of rotatable bonds is 8. The van der Waals surface area contributed by atoms with Crippen LogP contribution in [0, 0.1) is 12.7 Å². The van der Waals surface area contributed by atoms with Gasteiger partial charge in [0.2, 0.25) is 5.91 Å². The Bertz CT molecular complexity index is 1310. The fourth-order valence-electron chi connectivity index (χ4n) is 3.27. The molecule has 174 valence electrons. The molecule has 0 radical (unpaired) electrons. The van der Waals surface area contributed by atoms with Gasteiger partial charge in [0.15, 0.2) is 11.0 Å². The molecule has 1 heterocycles. The summed E-state index contributed by atoms with van der Waals surface area (Å²) in [5, 5.41) is 12.0. The van der Waals surface area contributed by atoms with Crippen LogP contribution in [-0.2, 0) is 4.79 Å². The van der Waals surface area contributed by atoms with Gasteiger partial charge in [-0.2, -0.15) is 0 Å². The van der Waals surface area contributed by atoms with E-state index in [1.54, 1.807) is 33.3 Å². The summed E-state index contributed by atoms with van der Waals surface area (Å²) in [6.07, 6.45) is 0. The third-order valence-electron chi connectivity index (χ3n) is 5.08. The molecule has 0 aliphatic carbocycles. The fourth-order valence-corrected chi connectivity index (χ4v) is 4.03. The van der Waals surface area contributed by atoms with Crippen LogP contribution in [0.25, 0.3) is 17.1 Å². The molecule has 7 nitrogen and oxygen atoms in total. The van der Waals surface area contributed by atoms with Crippen molar-refractivity contribution in [2.24, 2.45) is 0 Å². The lowest BCUT2D eigenvalue weighted by molar-refractivity contribution is -0.113. The molecule has 0 saturated carbocycles. The number of ether oxygens (including phenoxy) is 2. The number of halogens is 1. The van der Waals surface area contributed by atoms with Gasteiger partial charge in [0.05, 0.1) is 20.0 Å². The van der Waals surface area contributed by atoms with Crippen LogP contribution in [-0.4, -0.2) is 40.6 Å². The van der Waals surface area contributed by atoms with Crippen LogP contribution in [0.3, 0.4) is 0 Å². The molecular weight excluding hydrogens is 455 g/mol. The van der Waals surface area contributed by atoms with Gasteiger partial charge in [0.1, 0.15) is 17.3 Å². The number of benzene rings is 3. The number of carbonyl (C=O) groups is 1. The molecule has 0 aliphatic heterocycles. The highest BCUT2D eigenvalue weighted by Crippen LogP contribution is 2.30. The molecule has 34 heavy (non-hydrogen) atoms. The largest absolute Gasteiger partial charge is 0.497 e. The average molecular weight is 479 g/mol. The average Bonchev–Trinajstić information content (AvgIpc) is 3.29. The van der Waals surface area contributed by atoms with Crippen LogP contribution in [0.4, 0.5) is 10.1 Å². The van der Waals surface area contributed by atoms with Crippen molar-refractivity contribution in [2.75, 3.05) is 25.3 Å². The summed E-state index contributed by atoms with van der Waals surface area (Å²) in [6, 6.07) is 19.6. The minimum atomic E-state index is -0.368. The van der Waals surface area contributed by atoms with Crippen molar-refractivity contribution in [1.29, 1.82) is 0 Å². The molecule has 4 rings (SSSR count). The summed E-state index contributed by atoms with van der Waals surface area (Å²) >= 11 is 1.23. The predicted octanol–water partition coefficient (Wildman–Crippen LogP) is 5.13. The quantitative estimate of drug-likeness (QED) is 0.354. The molecule has 0 aliphatic rings. The summed E-state index contributed by atoms with van der Waals surface area (Å²) in [7, 11) is 3.21. The maximum absolute atomic E-state index is 13.8. The van der Waals surface area contributed by atoms with E-state index in [1.165, 1.54) is 17.8 Å². The zero-order chi connectivity index (χ0) is 24.1. The smallest absolute Gasteiger partial charge is 0.234 e. The Hall–Kier alpha value is -3.85. The van der Waals surface area contributed by atoms with Gasteiger partial charge < -0.3 is 14.8 Å². The molecule has 3 aromatic carbocycles. The molecule has 1 amide bonds. The van der Waals surface area contributed by atoms with E-state index in [4.69, 9.17) is 9.47 Å². The number of aryl methyl sites for hydroxylation is 1. The third-order valence-corrected chi connectivity index (χ3v) is 6.01. The van der Waals surface area contributed by atoms with Crippen molar-refractivity contribution in [3.8, 4) is 28.6 Å². The summed E-state index contributed by atoms with van der Waals surface area (Å²) < 4.78 is 26.3. The maximum atomic E-state index is 13.8.